The van der Waals surface area contributed by atoms with Crippen molar-refractivity contribution in [3.05, 3.63) is 24.0 Å². The van der Waals surface area contributed by atoms with E-state index in [1.807, 2.05) is 0 Å². The molecule has 1 fully saturated rings. The summed E-state index contributed by atoms with van der Waals surface area (Å²) in [7, 11) is 0. The molecule has 0 aromatic heterocycles. The van der Waals surface area contributed by atoms with Crippen LogP contribution < -0.4 is 11.1 Å². The zero-order valence-corrected chi connectivity index (χ0v) is 11.7. The summed E-state index contributed by atoms with van der Waals surface area (Å²) in [6.07, 6.45) is 4.32. The van der Waals surface area contributed by atoms with E-state index in [2.05, 4.69) is 5.32 Å². The second-order valence-corrected chi connectivity index (χ2v) is 5.35. The van der Waals surface area contributed by atoms with Crippen molar-refractivity contribution in [3.8, 4) is 0 Å². The standard InChI is InChI=1S/C15H21FN2O2/c1-10(20-9-11-4-2-3-5-11)15(19)18-14-7-6-12(16)8-13(14)17/h6-8,10-11H,2-5,9,17H2,1H3,(H,18,19). The average molecular weight is 280 g/mol. The fourth-order valence-corrected chi connectivity index (χ4v) is 2.41. The molecule has 3 N–H and O–H groups in total. The van der Waals surface area contributed by atoms with Gasteiger partial charge in [0.25, 0.3) is 5.91 Å². The van der Waals surface area contributed by atoms with Gasteiger partial charge in [-0.2, -0.15) is 0 Å². The van der Waals surface area contributed by atoms with Gasteiger partial charge in [0.2, 0.25) is 0 Å². The summed E-state index contributed by atoms with van der Waals surface area (Å²) < 4.78 is 18.5. The van der Waals surface area contributed by atoms with Crippen LogP contribution in [0.5, 0.6) is 0 Å². The summed E-state index contributed by atoms with van der Waals surface area (Å²) in [5.41, 5.74) is 6.27. The molecule has 5 heteroatoms. The number of amides is 1. The third-order valence-corrected chi connectivity index (χ3v) is 3.70. The Bertz CT molecular complexity index is 473. The summed E-state index contributed by atoms with van der Waals surface area (Å²) in [5.74, 6) is -0.117. The summed E-state index contributed by atoms with van der Waals surface area (Å²) in [6.45, 7) is 2.33. The van der Waals surface area contributed by atoms with Crippen molar-refractivity contribution in [2.45, 2.75) is 38.7 Å². The highest BCUT2D eigenvalue weighted by Gasteiger charge is 2.19. The molecule has 0 saturated heterocycles. The van der Waals surface area contributed by atoms with E-state index >= 15 is 0 Å². The lowest BCUT2D eigenvalue weighted by Gasteiger charge is -2.16. The molecule has 0 radical (unpaired) electrons. The van der Waals surface area contributed by atoms with Gasteiger partial charge in [-0.1, -0.05) is 12.8 Å². The highest BCUT2D eigenvalue weighted by Crippen LogP contribution is 2.25. The van der Waals surface area contributed by atoms with Crippen molar-refractivity contribution in [2.24, 2.45) is 5.92 Å². The number of nitrogen functional groups attached to an aromatic ring is 1. The molecule has 0 bridgehead atoms. The van der Waals surface area contributed by atoms with Gasteiger partial charge >= 0.3 is 0 Å². The Morgan fingerprint density at radius 1 is 1.50 bits per heavy atom. The summed E-state index contributed by atoms with van der Waals surface area (Å²) >= 11 is 0. The third kappa shape index (κ3) is 3.93. The van der Waals surface area contributed by atoms with Crippen LogP contribution in [0.25, 0.3) is 0 Å². The first-order valence-electron chi connectivity index (χ1n) is 7.03. The zero-order chi connectivity index (χ0) is 14.5. The minimum Gasteiger partial charge on any atom is -0.397 e. The second kappa shape index (κ2) is 6.70. The third-order valence-electron chi connectivity index (χ3n) is 3.70. The van der Waals surface area contributed by atoms with Crippen molar-refractivity contribution in [2.75, 3.05) is 17.7 Å². The van der Waals surface area contributed by atoms with Gasteiger partial charge < -0.3 is 15.8 Å². The molecule has 1 atom stereocenters. The van der Waals surface area contributed by atoms with Gasteiger partial charge in [-0.05, 0) is 43.9 Å². The van der Waals surface area contributed by atoms with Gasteiger partial charge in [0, 0.05) is 0 Å². The van der Waals surface area contributed by atoms with Crippen LogP contribution in [0.15, 0.2) is 18.2 Å². The lowest BCUT2D eigenvalue weighted by Crippen LogP contribution is -2.29. The predicted molar refractivity (Wildman–Crippen MR) is 76.8 cm³/mol. The molecule has 110 valence electrons. The number of ether oxygens (including phenoxy) is 1. The van der Waals surface area contributed by atoms with E-state index in [1.165, 1.54) is 43.9 Å². The van der Waals surface area contributed by atoms with E-state index in [0.717, 1.165) is 0 Å². The van der Waals surface area contributed by atoms with Crippen molar-refractivity contribution >= 4 is 17.3 Å². The topological polar surface area (TPSA) is 64.3 Å². The van der Waals surface area contributed by atoms with Crippen molar-refractivity contribution in [3.63, 3.8) is 0 Å². The first kappa shape index (κ1) is 14.8. The maximum absolute atomic E-state index is 12.9. The molecule has 0 aliphatic heterocycles. The van der Waals surface area contributed by atoms with Gasteiger partial charge in [-0.15, -0.1) is 0 Å². The Hall–Kier alpha value is -1.62. The number of carbonyl (C=O) groups excluding carboxylic acids is 1. The van der Waals surface area contributed by atoms with Crippen LogP contribution in [-0.2, 0) is 9.53 Å². The Kier molecular flexibility index (Phi) is 4.95. The Morgan fingerprint density at radius 3 is 2.85 bits per heavy atom. The molecule has 1 unspecified atom stereocenters. The largest absolute Gasteiger partial charge is 0.397 e. The number of hydrogen-bond acceptors (Lipinski definition) is 3. The number of hydrogen-bond donors (Lipinski definition) is 2. The molecule has 2 rings (SSSR count). The van der Waals surface area contributed by atoms with E-state index in [4.69, 9.17) is 10.5 Å². The summed E-state index contributed by atoms with van der Waals surface area (Å²) in [5, 5.41) is 2.66. The van der Waals surface area contributed by atoms with Crippen LogP contribution in [0.2, 0.25) is 0 Å². The molecule has 1 aromatic carbocycles. The first-order chi connectivity index (χ1) is 9.56. The van der Waals surface area contributed by atoms with Crippen molar-refractivity contribution in [1.82, 2.24) is 0 Å². The molecule has 4 nitrogen and oxygen atoms in total. The SMILES string of the molecule is CC(OCC1CCCC1)C(=O)Nc1ccc(F)cc1N. The lowest BCUT2D eigenvalue weighted by molar-refractivity contribution is -0.127. The molecular formula is C15H21FN2O2. The minimum atomic E-state index is -0.542. The van der Waals surface area contributed by atoms with Crippen LogP contribution in [0, 0.1) is 11.7 Å². The Labute approximate surface area is 118 Å². The molecule has 0 heterocycles. The quantitative estimate of drug-likeness (QED) is 0.815. The van der Waals surface area contributed by atoms with Crippen molar-refractivity contribution < 1.29 is 13.9 Å². The van der Waals surface area contributed by atoms with E-state index in [-0.39, 0.29) is 11.6 Å². The summed E-state index contributed by atoms with van der Waals surface area (Å²) in [6, 6.07) is 3.89. The van der Waals surface area contributed by atoms with E-state index in [9.17, 15) is 9.18 Å². The van der Waals surface area contributed by atoms with E-state index in [1.54, 1.807) is 6.92 Å². The fraction of sp³-hybridized carbons (Fsp3) is 0.533. The molecule has 1 saturated carbocycles. The number of rotatable bonds is 5. The van der Waals surface area contributed by atoms with Crippen molar-refractivity contribution in [1.29, 1.82) is 0 Å². The molecule has 0 spiro atoms. The maximum Gasteiger partial charge on any atom is 0.253 e. The van der Waals surface area contributed by atoms with E-state index < -0.39 is 11.9 Å². The zero-order valence-electron chi connectivity index (χ0n) is 11.7. The Morgan fingerprint density at radius 2 is 2.20 bits per heavy atom. The van der Waals surface area contributed by atoms with Crippen LogP contribution >= 0.6 is 0 Å². The van der Waals surface area contributed by atoms with Crippen LogP contribution in [-0.4, -0.2) is 18.6 Å². The maximum atomic E-state index is 12.9. The second-order valence-electron chi connectivity index (χ2n) is 5.35. The number of benzene rings is 1. The van der Waals surface area contributed by atoms with Gasteiger partial charge in [0.05, 0.1) is 18.0 Å². The lowest BCUT2D eigenvalue weighted by atomic mass is 10.1. The highest BCUT2D eigenvalue weighted by molar-refractivity contribution is 5.96. The first-order valence-corrected chi connectivity index (χ1v) is 7.03. The normalized spacial score (nSPS) is 17.1. The van der Waals surface area contributed by atoms with Crippen LogP contribution in [0.1, 0.15) is 32.6 Å². The minimum absolute atomic E-state index is 0.210. The average Bonchev–Trinajstić information content (AvgIpc) is 2.92. The summed E-state index contributed by atoms with van der Waals surface area (Å²) in [4.78, 5) is 12.0. The van der Waals surface area contributed by atoms with Crippen LogP contribution in [0.3, 0.4) is 0 Å². The van der Waals surface area contributed by atoms with Gasteiger partial charge in [-0.3, -0.25) is 4.79 Å². The van der Waals surface area contributed by atoms with Gasteiger partial charge in [0.15, 0.2) is 0 Å². The van der Waals surface area contributed by atoms with Gasteiger partial charge in [0.1, 0.15) is 11.9 Å². The molecule has 1 amide bonds. The number of nitrogens with one attached hydrogen (secondary N) is 1. The number of halogens is 1. The molecule has 1 aliphatic rings. The number of carbonyl (C=O) groups is 1. The molecule has 1 aliphatic carbocycles. The molecule has 1 aromatic rings. The molecule has 20 heavy (non-hydrogen) atoms. The molecular weight excluding hydrogens is 259 g/mol. The predicted octanol–water partition coefficient (Wildman–Crippen LogP) is 2.94. The number of nitrogens with two attached hydrogens (primary N) is 1. The Balaban J connectivity index is 1.83. The van der Waals surface area contributed by atoms with Crippen LogP contribution in [0.4, 0.5) is 15.8 Å². The van der Waals surface area contributed by atoms with Gasteiger partial charge in [-0.25, -0.2) is 4.39 Å². The smallest absolute Gasteiger partial charge is 0.253 e. The monoisotopic (exact) mass is 280 g/mol. The highest BCUT2D eigenvalue weighted by atomic mass is 19.1. The van der Waals surface area contributed by atoms with E-state index in [0.29, 0.717) is 18.2 Å². The fourth-order valence-electron chi connectivity index (χ4n) is 2.41. The number of anilines is 2.